The number of hydrogen-bond acceptors (Lipinski definition) is 5. The van der Waals surface area contributed by atoms with Crippen LogP contribution >= 0.6 is 11.6 Å². The summed E-state index contributed by atoms with van der Waals surface area (Å²) in [7, 11) is 1.48. The van der Waals surface area contributed by atoms with Crippen LogP contribution in [0.25, 0.3) is 11.3 Å². The van der Waals surface area contributed by atoms with Gasteiger partial charge in [-0.25, -0.2) is 0 Å². The summed E-state index contributed by atoms with van der Waals surface area (Å²) in [5.41, 5.74) is 1.12. The van der Waals surface area contributed by atoms with Crippen molar-refractivity contribution in [2.45, 2.75) is 0 Å². The summed E-state index contributed by atoms with van der Waals surface area (Å²) in [6.07, 6.45) is 0. The molecule has 0 spiro atoms. The van der Waals surface area contributed by atoms with Crippen molar-refractivity contribution in [2.24, 2.45) is 0 Å². The fraction of sp³-hybridized carbons (Fsp3) is 0.100. The number of nitrogens with zero attached hydrogens (tertiary/aromatic N) is 2. The van der Waals surface area contributed by atoms with Crippen LogP contribution in [0.1, 0.15) is 10.6 Å². The van der Waals surface area contributed by atoms with Crippen molar-refractivity contribution < 1.29 is 18.9 Å². The first-order valence-corrected chi connectivity index (χ1v) is 8.87. The lowest BCUT2D eigenvalue weighted by Crippen LogP contribution is -2.34. The molecule has 0 saturated heterocycles. The Labute approximate surface area is 170 Å². The average Bonchev–Trinajstić information content (AvgIpc) is 3.19. The first-order chi connectivity index (χ1) is 13.8. The van der Waals surface area contributed by atoms with Crippen LogP contribution < -0.4 is 5.32 Å². The SMILES string of the molecule is CN(CC(=O)Nc1ccc(Cl)cc1)C(=O)c1ccc(-c2ccc([N+](=O)[O-])cc2)o1. The second-order valence-corrected chi connectivity index (χ2v) is 6.62. The molecule has 29 heavy (non-hydrogen) atoms. The van der Waals surface area contributed by atoms with Gasteiger partial charge in [0, 0.05) is 35.5 Å². The zero-order chi connectivity index (χ0) is 21.0. The smallest absolute Gasteiger partial charge is 0.289 e. The Morgan fingerprint density at radius 1 is 1.07 bits per heavy atom. The van der Waals surface area contributed by atoms with Crippen LogP contribution in [0.2, 0.25) is 5.02 Å². The summed E-state index contributed by atoms with van der Waals surface area (Å²) < 4.78 is 5.56. The van der Waals surface area contributed by atoms with E-state index in [1.165, 1.54) is 42.3 Å². The number of hydrogen-bond donors (Lipinski definition) is 1. The molecule has 0 bridgehead atoms. The highest BCUT2D eigenvalue weighted by Crippen LogP contribution is 2.25. The van der Waals surface area contributed by atoms with E-state index in [2.05, 4.69) is 5.32 Å². The molecular weight excluding hydrogens is 398 g/mol. The van der Waals surface area contributed by atoms with Crippen LogP contribution in [0, 0.1) is 10.1 Å². The molecule has 0 aliphatic rings. The van der Waals surface area contributed by atoms with E-state index in [9.17, 15) is 19.7 Å². The molecule has 3 rings (SSSR count). The molecule has 0 fully saturated rings. The quantitative estimate of drug-likeness (QED) is 0.481. The molecule has 0 saturated carbocycles. The predicted octanol–water partition coefficient (Wildman–Crippen LogP) is 4.22. The summed E-state index contributed by atoms with van der Waals surface area (Å²) >= 11 is 5.80. The van der Waals surface area contributed by atoms with Gasteiger partial charge in [0.05, 0.1) is 11.5 Å². The minimum absolute atomic E-state index is 0.0389. The molecule has 3 aromatic rings. The van der Waals surface area contributed by atoms with Gasteiger partial charge in [-0.3, -0.25) is 19.7 Å². The van der Waals surface area contributed by atoms with Crippen LogP contribution in [0.15, 0.2) is 65.1 Å². The molecule has 0 aliphatic carbocycles. The summed E-state index contributed by atoms with van der Waals surface area (Å²) in [4.78, 5) is 36.1. The number of likely N-dealkylation sites (N-methyl/N-ethyl adjacent to an activating group) is 1. The average molecular weight is 414 g/mol. The minimum Gasteiger partial charge on any atom is -0.451 e. The van der Waals surface area contributed by atoms with Gasteiger partial charge in [0.1, 0.15) is 5.76 Å². The van der Waals surface area contributed by atoms with Crippen LogP contribution in [0.4, 0.5) is 11.4 Å². The van der Waals surface area contributed by atoms with Gasteiger partial charge >= 0.3 is 0 Å². The maximum absolute atomic E-state index is 12.5. The number of nitro benzene ring substituents is 1. The monoisotopic (exact) mass is 413 g/mol. The highest BCUT2D eigenvalue weighted by atomic mass is 35.5. The molecule has 0 unspecified atom stereocenters. The number of nitrogens with one attached hydrogen (secondary N) is 1. The third-order valence-electron chi connectivity index (χ3n) is 4.03. The molecule has 1 N–H and O–H groups in total. The van der Waals surface area contributed by atoms with Gasteiger partial charge in [0.15, 0.2) is 5.76 Å². The molecule has 0 atom stereocenters. The van der Waals surface area contributed by atoms with Crippen LogP contribution in [0.5, 0.6) is 0 Å². The van der Waals surface area contributed by atoms with Crippen molar-refractivity contribution in [2.75, 3.05) is 18.9 Å². The standard InChI is InChI=1S/C20H16ClN3O5/c1-23(12-19(25)22-15-6-4-14(21)5-7-15)20(26)18-11-10-17(29-18)13-2-8-16(9-3-13)24(27)28/h2-11H,12H2,1H3,(H,22,25). The molecular formula is C20H16ClN3O5. The third kappa shape index (κ3) is 4.99. The second kappa shape index (κ2) is 8.57. The fourth-order valence-corrected chi connectivity index (χ4v) is 2.69. The second-order valence-electron chi connectivity index (χ2n) is 6.18. The number of anilines is 1. The molecule has 1 heterocycles. The Hall–Kier alpha value is -3.65. The fourth-order valence-electron chi connectivity index (χ4n) is 2.56. The van der Waals surface area contributed by atoms with Gasteiger partial charge in [0.25, 0.3) is 11.6 Å². The van der Waals surface area contributed by atoms with Gasteiger partial charge in [-0.2, -0.15) is 0 Å². The van der Waals surface area contributed by atoms with E-state index in [1.807, 2.05) is 0 Å². The Kier molecular flexibility index (Phi) is 5.94. The topological polar surface area (TPSA) is 106 Å². The van der Waals surface area contributed by atoms with Crippen LogP contribution in [-0.2, 0) is 4.79 Å². The van der Waals surface area contributed by atoms with Gasteiger partial charge in [-0.1, -0.05) is 11.6 Å². The number of furan rings is 1. The number of carbonyl (C=O) groups excluding carboxylic acids is 2. The maximum Gasteiger partial charge on any atom is 0.289 e. The highest BCUT2D eigenvalue weighted by Gasteiger charge is 2.19. The van der Waals surface area contributed by atoms with E-state index in [0.717, 1.165) is 0 Å². The number of rotatable bonds is 6. The Morgan fingerprint density at radius 2 is 1.72 bits per heavy atom. The lowest BCUT2D eigenvalue weighted by Gasteiger charge is -2.15. The first-order valence-electron chi connectivity index (χ1n) is 8.49. The van der Waals surface area contributed by atoms with Crippen molar-refractivity contribution in [3.63, 3.8) is 0 Å². The normalized spacial score (nSPS) is 10.4. The Bertz CT molecular complexity index is 1040. The molecule has 8 nitrogen and oxygen atoms in total. The minimum atomic E-state index is -0.495. The van der Waals surface area contributed by atoms with Gasteiger partial charge in [0.2, 0.25) is 5.91 Å². The lowest BCUT2D eigenvalue weighted by molar-refractivity contribution is -0.384. The molecule has 0 aliphatic heterocycles. The number of amides is 2. The van der Waals surface area contributed by atoms with Crippen molar-refractivity contribution in [3.8, 4) is 11.3 Å². The largest absolute Gasteiger partial charge is 0.451 e. The lowest BCUT2D eigenvalue weighted by atomic mass is 10.1. The van der Waals surface area contributed by atoms with Gasteiger partial charge in [-0.15, -0.1) is 0 Å². The van der Waals surface area contributed by atoms with Crippen molar-refractivity contribution in [3.05, 3.63) is 81.6 Å². The zero-order valence-electron chi connectivity index (χ0n) is 15.3. The molecule has 2 amide bonds. The summed E-state index contributed by atoms with van der Waals surface area (Å²) in [6, 6.07) is 15.5. The van der Waals surface area contributed by atoms with E-state index in [1.54, 1.807) is 30.3 Å². The van der Waals surface area contributed by atoms with E-state index in [0.29, 0.717) is 22.0 Å². The third-order valence-corrected chi connectivity index (χ3v) is 4.29. The van der Waals surface area contributed by atoms with Crippen molar-refractivity contribution in [1.82, 2.24) is 4.90 Å². The van der Waals surface area contributed by atoms with E-state index >= 15 is 0 Å². The summed E-state index contributed by atoms with van der Waals surface area (Å²) in [5, 5.41) is 14.0. The summed E-state index contributed by atoms with van der Waals surface area (Å²) in [6.45, 7) is -0.172. The number of non-ortho nitro benzene ring substituents is 1. The van der Waals surface area contributed by atoms with Crippen LogP contribution in [-0.4, -0.2) is 35.2 Å². The number of benzene rings is 2. The number of halogens is 1. The predicted molar refractivity (Wildman–Crippen MR) is 108 cm³/mol. The molecule has 9 heteroatoms. The number of nitro groups is 1. The van der Waals surface area contributed by atoms with Gasteiger partial charge < -0.3 is 14.6 Å². The highest BCUT2D eigenvalue weighted by molar-refractivity contribution is 6.30. The molecule has 1 aromatic heterocycles. The number of carbonyl (C=O) groups is 2. The molecule has 2 aromatic carbocycles. The molecule has 148 valence electrons. The van der Waals surface area contributed by atoms with E-state index in [4.69, 9.17) is 16.0 Å². The van der Waals surface area contributed by atoms with Gasteiger partial charge in [-0.05, 0) is 48.5 Å². The van der Waals surface area contributed by atoms with Crippen LogP contribution in [0.3, 0.4) is 0 Å². The Balaban J connectivity index is 1.63. The van der Waals surface area contributed by atoms with E-state index < -0.39 is 10.8 Å². The van der Waals surface area contributed by atoms with E-state index in [-0.39, 0.29) is 23.9 Å². The maximum atomic E-state index is 12.5. The Morgan fingerprint density at radius 3 is 2.34 bits per heavy atom. The van der Waals surface area contributed by atoms with Crippen molar-refractivity contribution >= 4 is 34.8 Å². The molecule has 0 radical (unpaired) electrons. The van der Waals surface area contributed by atoms with Crippen molar-refractivity contribution in [1.29, 1.82) is 0 Å². The first kappa shape index (κ1) is 20.1. The summed E-state index contributed by atoms with van der Waals surface area (Å²) in [5.74, 6) is -0.392. The zero-order valence-corrected chi connectivity index (χ0v) is 16.1.